The highest BCUT2D eigenvalue weighted by Crippen LogP contribution is 2.09. The van der Waals surface area contributed by atoms with Crippen LogP contribution in [0.4, 0.5) is 5.69 Å². The van der Waals surface area contributed by atoms with Crippen molar-refractivity contribution >= 4 is 11.7 Å². The minimum absolute atomic E-state index is 0.0597. The van der Waals surface area contributed by atoms with Crippen LogP contribution < -0.4 is 5.32 Å². The highest BCUT2D eigenvalue weighted by atomic mass is 16.4. The molecule has 0 amide bonds. The number of nitrogens with zero attached hydrogens (tertiary/aromatic N) is 1. The van der Waals surface area contributed by atoms with E-state index >= 15 is 0 Å². The number of aromatic carboxylic acids is 1. The first-order valence-electron chi connectivity index (χ1n) is 6.14. The maximum atomic E-state index is 10.7. The van der Waals surface area contributed by atoms with Gasteiger partial charge in [0, 0.05) is 6.54 Å². The molecular weight excluding hydrogens is 240 g/mol. The smallest absolute Gasteiger partial charge is 0.354 e. The summed E-state index contributed by atoms with van der Waals surface area (Å²) in [7, 11) is 0. The molecule has 98 valence electrons. The summed E-state index contributed by atoms with van der Waals surface area (Å²) in [5, 5.41) is 12.0. The molecule has 1 aromatic heterocycles. The van der Waals surface area contributed by atoms with Crippen molar-refractivity contribution in [3.05, 3.63) is 59.4 Å². The number of carboxylic acids is 1. The van der Waals surface area contributed by atoms with Crippen LogP contribution in [0.5, 0.6) is 0 Å². The Morgan fingerprint density at radius 3 is 2.68 bits per heavy atom. The van der Waals surface area contributed by atoms with E-state index in [1.807, 2.05) is 12.1 Å². The molecule has 0 atom stereocenters. The van der Waals surface area contributed by atoms with Gasteiger partial charge in [0.05, 0.1) is 11.9 Å². The summed E-state index contributed by atoms with van der Waals surface area (Å²) in [6, 6.07) is 11.5. The number of aromatic nitrogens is 1. The molecule has 19 heavy (non-hydrogen) atoms. The van der Waals surface area contributed by atoms with Gasteiger partial charge in [-0.3, -0.25) is 0 Å². The highest BCUT2D eigenvalue weighted by Gasteiger charge is 2.03. The number of carboxylic acid groups (broad SMARTS) is 1. The largest absolute Gasteiger partial charge is 0.477 e. The number of benzene rings is 1. The van der Waals surface area contributed by atoms with Gasteiger partial charge in [0.1, 0.15) is 5.69 Å². The van der Waals surface area contributed by atoms with Crippen molar-refractivity contribution in [1.82, 2.24) is 4.98 Å². The SMILES string of the molecule is Cc1ccccc1CCNc1ccc(C(=O)O)nc1. The van der Waals surface area contributed by atoms with E-state index in [0.717, 1.165) is 18.7 Å². The van der Waals surface area contributed by atoms with Crippen LogP contribution in [0.15, 0.2) is 42.6 Å². The lowest BCUT2D eigenvalue weighted by molar-refractivity contribution is 0.0690. The number of hydrogen-bond acceptors (Lipinski definition) is 3. The lowest BCUT2D eigenvalue weighted by atomic mass is 10.1. The first-order valence-corrected chi connectivity index (χ1v) is 6.14. The van der Waals surface area contributed by atoms with E-state index < -0.39 is 5.97 Å². The van der Waals surface area contributed by atoms with Crippen LogP contribution in [0.1, 0.15) is 21.6 Å². The Hall–Kier alpha value is -2.36. The van der Waals surface area contributed by atoms with E-state index in [2.05, 4.69) is 29.4 Å². The molecule has 2 aromatic rings. The number of aryl methyl sites for hydroxylation is 1. The quantitative estimate of drug-likeness (QED) is 0.863. The minimum atomic E-state index is -1.01. The summed E-state index contributed by atoms with van der Waals surface area (Å²) in [5.74, 6) is -1.01. The van der Waals surface area contributed by atoms with Gasteiger partial charge < -0.3 is 10.4 Å². The number of carbonyl (C=O) groups is 1. The lowest BCUT2D eigenvalue weighted by Gasteiger charge is -2.08. The van der Waals surface area contributed by atoms with Gasteiger partial charge in [0.25, 0.3) is 0 Å². The zero-order valence-corrected chi connectivity index (χ0v) is 10.8. The fraction of sp³-hybridized carbons (Fsp3) is 0.200. The van der Waals surface area contributed by atoms with Crippen molar-refractivity contribution in [3.8, 4) is 0 Å². The molecule has 0 aliphatic rings. The molecule has 0 fully saturated rings. The topological polar surface area (TPSA) is 62.2 Å². The van der Waals surface area contributed by atoms with Crippen molar-refractivity contribution < 1.29 is 9.90 Å². The Balaban J connectivity index is 1.89. The summed E-state index contributed by atoms with van der Waals surface area (Å²) in [6.07, 6.45) is 2.47. The van der Waals surface area contributed by atoms with Crippen LogP contribution in [0.2, 0.25) is 0 Å². The normalized spacial score (nSPS) is 10.2. The second-order valence-electron chi connectivity index (χ2n) is 4.34. The molecule has 1 heterocycles. The van der Waals surface area contributed by atoms with Gasteiger partial charge >= 0.3 is 5.97 Å². The van der Waals surface area contributed by atoms with E-state index in [0.29, 0.717) is 0 Å². The molecule has 0 aliphatic heterocycles. The minimum Gasteiger partial charge on any atom is -0.477 e. The van der Waals surface area contributed by atoms with E-state index in [9.17, 15) is 4.79 Å². The van der Waals surface area contributed by atoms with Crippen molar-refractivity contribution in [2.75, 3.05) is 11.9 Å². The van der Waals surface area contributed by atoms with Crippen LogP contribution in [-0.4, -0.2) is 22.6 Å². The fourth-order valence-electron chi connectivity index (χ4n) is 1.86. The number of anilines is 1. The molecule has 0 aliphatic carbocycles. The van der Waals surface area contributed by atoms with Gasteiger partial charge in [-0.2, -0.15) is 0 Å². The van der Waals surface area contributed by atoms with Crippen molar-refractivity contribution in [2.24, 2.45) is 0 Å². The number of pyridine rings is 1. The van der Waals surface area contributed by atoms with Gasteiger partial charge in [-0.25, -0.2) is 9.78 Å². The first-order chi connectivity index (χ1) is 9.16. The molecule has 0 bridgehead atoms. The summed E-state index contributed by atoms with van der Waals surface area (Å²) in [4.78, 5) is 14.5. The number of rotatable bonds is 5. The molecular formula is C15H16N2O2. The Kier molecular flexibility index (Phi) is 4.13. The number of hydrogen-bond donors (Lipinski definition) is 2. The molecule has 0 unspecified atom stereocenters. The average molecular weight is 256 g/mol. The molecule has 2 N–H and O–H groups in total. The molecule has 2 rings (SSSR count). The Labute approximate surface area is 112 Å². The maximum absolute atomic E-state index is 10.7. The first kappa shape index (κ1) is 13.1. The Morgan fingerprint density at radius 2 is 2.05 bits per heavy atom. The Bertz CT molecular complexity index is 565. The van der Waals surface area contributed by atoms with Crippen molar-refractivity contribution in [1.29, 1.82) is 0 Å². The van der Waals surface area contributed by atoms with Crippen LogP contribution >= 0.6 is 0 Å². The zero-order chi connectivity index (χ0) is 13.7. The number of nitrogens with one attached hydrogen (secondary N) is 1. The lowest BCUT2D eigenvalue weighted by Crippen LogP contribution is -2.07. The predicted molar refractivity (Wildman–Crippen MR) is 74.6 cm³/mol. The molecule has 4 nitrogen and oxygen atoms in total. The van der Waals surface area contributed by atoms with Gasteiger partial charge in [-0.15, -0.1) is 0 Å². The molecule has 0 spiro atoms. The van der Waals surface area contributed by atoms with Crippen LogP contribution in [0.25, 0.3) is 0 Å². The highest BCUT2D eigenvalue weighted by molar-refractivity contribution is 5.85. The van der Waals surface area contributed by atoms with Crippen molar-refractivity contribution in [2.45, 2.75) is 13.3 Å². The maximum Gasteiger partial charge on any atom is 0.354 e. The third-order valence-corrected chi connectivity index (χ3v) is 2.97. The molecule has 0 saturated carbocycles. The monoisotopic (exact) mass is 256 g/mol. The van der Waals surface area contributed by atoms with E-state index in [1.54, 1.807) is 12.3 Å². The molecule has 0 saturated heterocycles. The zero-order valence-electron chi connectivity index (χ0n) is 10.8. The van der Waals surface area contributed by atoms with Gasteiger partial charge in [-0.1, -0.05) is 24.3 Å². The summed E-state index contributed by atoms with van der Waals surface area (Å²) >= 11 is 0. The summed E-state index contributed by atoms with van der Waals surface area (Å²) in [5.41, 5.74) is 3.48. The molecule has 0 radical (unpaired) electrons. The van der Waals surface area contributed by atoms with E-state index in [4.69, 9.17) is 5.11 Å². The third-order valence-electron chi connectivity index (χ3n) is 2.97. The Morgan fingerprint density at radius 1 is 1.26 bits per heavy atom. The standard InChI is InChI=1S/C15H16N2O2/c1-11-4-2-3-5-12(11)8-9-16-13-6-7-14(15(18)19)17-10-13/h2-7,10,16H,8-9H2,1H3,(H,18,19). The summed E-state index contributed by atoms with van der Waals surface area (Å²) < 4.78 is 0. The third kappa shape index (κ3) is 3.55. The van der Waals surface area contributed by atoms with Crippen molar-refractivity contribution in [3.63, 3.8) is 0 Å². The van der Waals surface area contributed by atoms with Gasteiger partial charge in [0.2, 0.25) is 0 Å². The average Bonchev–Trinajstić information content (AvgIpc) is 2.41. The predicted octanol–water partition coefficient (Wildman–Crippen LogP) is 2.74. The molecule has 4 heteroatoms. The van der Waals surface area contributed by atoms with E-state index in [1.165, 1.54) is 17.2 Å². The van der Waals surface area contributed by atoms with Gasteiger partial charge in [0.15, 0.2) is 0 Å². The van der Waals surface area contributed by atoms with Crippen LogP contribution in [0.3, 0.4) is 0 Å². The summed E-state index contributed by atoms with van der Waals surface area (Å²) in [6.45, 7) is 2.89. The van der Waals surface area contributed by atoms with Crippen LogP contribution in [-0.2, 0) is 6.42 Å². The fourth-order valence-corrected chi connectivity index (χ4v) is 1.86. The van der Waals surface area contributed by atoms with Gasteiger partial charge in [-0.05, 0) is 36.6 Å². The molecule has 1 aromatic carbocycles. The second-order valence-corrected chi connectivity index (χ2v) is 4.34. The second kappa shape index (κ2) is 6.00. The van der Waals surface area contributed by atoms with E-state index in [-0.39, 0.29) is 5.69 Å². The van der Waals surface area contributed by atoms with Crippen LogP contribution in [0, 0.1) is 6.92 Å².